The summed E-state index contributed by atoms with van der Waals surface area (Å²) < 4.78 is 11.3. The van der Waals surface area contributed by atoms with Crippen molar-refractivity contribution in [2.75, 3.05) is 19.2 Å². The first-order valence-electron chi connectivity index (χ1n) is 8.31. The Kier molecular flexibility index (Phi) is 3.43. The third-order valence-electron chi connectivity index (χ3n) is 4.71. The molecule has 1 unspecified atom stereocenters. The standard InChI is InChI=1S/C19H15ClN4O3/c1-24-19-16(21-13-7-9(20)3-6-12(13)22-19)18-17(25)15(23-24)11-5-4-10(26-2)8-14(11)27-18/h3-8,15,23,25H,1-2H3. The Bertz CT molecular complexity index is 1130. The van der Waals surface area contributed by atoms with E-state index in [1.54, 1.807) is 30.3 Å². The SMILES string of the molecule is COc1ccc2c(c1)OC1=C(O)C2NN(C)c2nc3ccc(Cl)cc3nc21. The average Bonchev–Trinajstić information content (AvgIpc) is 2.73. The smallest absolute Gasteiger partial charge is 0.196 e. The van der Waals surface area contributed by atoms with Crippen molar-refractivity contribution in [3.8, 4) is 11.5 Å². The summed E-state index contributed by atoms with van der Waals surface area (Å²) in [5.41, 5.74) is 5.81. The van der Waals surface area contributed by atoms with Gasteiger partial charge in [-0.2, -0.15) is 0 Å². The summed E-state index contributed by atoms with van der Waals surface area (Å²) >= 11 is 6.10. The van der Waals surface area contributed by atoms with Gasteiger partial charge in [-0.15, -0.1) is 0 Å². The zero-order valence-corrected chi connectivity index (χ0v) is 15.3. The summed E-state index contributed by atoms with van der Waals surface area (Å²) in [7, 11) is 3.42. The molecule has 2 bridgehead atoms. The molecule has 7 nitrogen and oxygen atoms in total. The van der Waals surface area contributed by atoms with E-state index in [2.05, 4.69) is 15.4 Å². The number of hydrogen-bond acceptors (Lipinski definition) is 7. The number of rotatable bonds is 1. The maximum atomic E-state index is 10.9. The molecular formula is C19H15ClN4O3. The van der Waals surface area contributed by atoms with Gasteiger partial charge in [0.05, 0.1) is 18.1 Å². The highest BCUT2D eigenvalue weighted by Crippen LogP contribution is 2.44. The molecule has 1 aromatic heterocycles. The van der Waals surface area contributed by atoms with Gasteiger partial charge in [0.1, 0.15) is 17.5 Å². The molecule has 2 aliphatic rings. The number of aromatic nitrogens is 2. The molecule has 2 aromatic carbocycles. The van der Waals surface area contributed by atoms with Gasteiger partial charge in [-0.25, -0.2) is 15.4 Å². The number of ether oxygens (including phenoxy) is 2. The molecule has 27 heavy (non-hydrogen) atoms. The lowest BCUT2D eigenvalue weighted by Crippen LogP contribution is -2.38. The van der Waals surface area contributed by atoms with E-state index >= 15 is 0 Å². The Balaban J connectivity index is 1.75. The molecule has 0 aliphatic carbocycles. The molecule has 3 heterocycles. The van der Waals surface area contributed by atoms with Crippen LogP contribution in [0.4, 0.5) is 5.82 Å². The van der Waals surface area contributed by atoms with Crippen LogP contribution in [0, 0.1) is 0 Å². The van der Waals surface area contributed by atoms with Crippen molar-refractivity contribution in [3.63, 3.8) is 0 Å². The molecular weight excluding hydrogens is 368 g/mol. The van der Waals surface area contributed by atoms with Gasteiger partial charge in [0.25, 0.3) is 0 Å². The van der Waals surface area contributed by atoms with Gasteiger partial charge < -0.3 is 14.6 Å². The lowest BCUT2D eigenvalue weighted by molar-refractivity contribution is 0.308. The van der Waals surface area contributed by atoms with Gasteiger partial charge in [0, 0.05) is 23.7 Å². The topological polar surface area (TPSA) is 79.7 Å². The fourth-order valence-electron chi connectivity index (χ4n) is 3.37. The first-order valence-corrected chi connectivity index (χ1v) is 8.69. The highest BCUT2D eigenvalue weighted by molar-refractivity contribution is 6.31. The van der Waals surface area contributed by atoms with Gasteiger partial charge in [-0.1, -0.05) is 11.6 Å². The molecule has 0 spiro atoms. The highest BCUT2D eigenvalue weighted by atomic mass is 35.5. The fraction of sp³-hybridized carbons (Fsp3) is 0.158. The zero-order valence-electron chi connectivity index (χ0n) is 14.5. The van der Waals surface area contributed by atoms with Crippen molar-refractivity contribution in [2.24, 2.45) is 0 Å². The van der Waals surface area contributed by atoms with E-state index in [-0.39, 0.29) is 11.5 Å². The molecule has 0 fully saturated rings. The molecule has 2 aliphatic heterocycles. The molecule has 3 aromatic rings. The minimum Gasteiger partial charge on any atom is -0.506 e. The number of hydrogen-bond donors (Lipinski definition) is 2. The second-order valence-electron chi connectivity index (χ2n) is 6.37. The van der Waals surface area contributed by atoms with Gasteiger partial charge in [0.2, 0.25) is 0 Å². The van der Waals surface area contributed by atoms with Gasteiger partial charge >= 0.3 is 0 Å². The van der Waals surface area contributed by atoms with Crippen LogP contribution in [0.15, 0.2) is 42.2 Å². The molecule has 5 rings (SSSR count). The highest BCUT2D eigenvalue weighted by Gasteiger charge is 2.37. The molecule has 0 saturated heterocycles. The molecule has 8 heteroatoms. The molecule has 1 atom stereocenters. The number of aliphatic hydroxyl groups is 1. The number of nitrogens with zero attached hydrogens (tertiary/aromatic N) is 3. The van der Waals surface area contributed by atoms with Crippen LogP contribution in [0.25, 0.3) is 16.8 Å². The largest absolute Gasteiger partial charge is 0.506 e. The van der Waals surface area contributed by atoms with E-state index in [9.17, 15) is 5.11 Å². The average molecular weight is 383 g/mol. The Morgan fingerprint density at radius 3 is 2.85 bits per heavy atom. The molecule has 136 valence electrons. The van der Waals surface area contributed by atoms with Crippen LogP contribution in [0.3, 0.4) is 0 Å². The molecule has 2 N–H and O–H groups in total. The van der Waals surface area contributed by atoms with Crippen LogP contribution < -0.4 is 19.9 Å². The summed E-state index contributed by atoms with van der Waals surface area (Å²) in [4.78, 5) is 9.35. The van der Waals surface area contributed by atoms with Crippen molar-refractivity contribution < 1.29 is 14.6 Å². The lowest BCUT2D eigenvalue weighted by atomic mass is 10.0. The van der Waals surface area contributed by atoms with E-state index < -0.39 is 6.04 Å². The minimum atomic E-state index is -0.484. The number of hydrazine groups is 1. The van der Waals surface area contributed by atoms with Crippen LogP contribution in [-0.2, 0) is 0 Å². The summed E-state index contributed by atoms with van der Waals surface area (Å²) in [6, 6.07) is 10.3. The summed E-state index contributed by atoms with van der Waals surface area (Å²) in [5, 5.41) is 13.2. The van der Waals surface area contributed by atoms with Crippen molar-refractivity contribution in [1.82, 2.24) is 15.4 Å². The Morgan fingerprint density at radius 2 is 2.04 bits per heavy atom. The maximum Gasteiger partial charge on any atom is 0.196 e. The second-order valence-corrected chi connectivity index (χ2v) is 6.81. The third-order valence-corrected chi connectivity index (χ3v) is 4.95. The first kappa shape index (κ1) is 16.2. The Labute approximate surface area is 159 Å². The van der Waals surface area contributed by atoms with E-state index in [0.717, 1.165) is 5.56 Å². The van der Waals surface area contributed by atoms with Crippen LogP contribution in [0.1, 0.15) is 17.3 Å². The Morgan fingerprint density at radius 1 is 1.19 bits per heavy atom. The van der Waals surface area contributed by atoms with Crippen molar-refractivity contribution in [2.45, 2.75) is 6.04 Å². The quantitative estimate of drug-likeness (QED) is 0.665. The van der Waals surface area contributed by atoms with Crippen molar-refractivity contribution >= 4 is 34.2 Å². The predicted octanol–water partition coefficient (Wildman–Crippen LogP) is 3.61. The zero-order chi connectivity index (χ0) is 18.7. The minimum absolute atomic E-state index is 0.0499. The van der Waals surface area contributed by atoms with Crippen LogP contribution >= 0.6 is 11.6 Å². The first-order chi connectivity index (χ1) is 13.0. The third kappa shape index (κ3) is 2.39. The number of methoxy groups -OCH3 is 1. The van der Waals surface area contributed by atoms with Crippen LogP contribution in [0.5, 0.6) is 11.5 Å². The number of aliphatic hydroxyl groups excluding tert-OH is 1. The Hall–Kier alpha value is -3.03. The number of nitrogens with one attached hydrogen (secondary N) is 1. The molecule has 0 amide bonds. The normalized spacial score (nSPS) is 17.9. The number of anilines is 1. The summed E-state index contributed by atoms with van der Waals surface area (Å²) in [6.45, 7) is 0. The van der Waals surface area contributed by atoms with Crippen LogP contribution in [-0.4, -0.2) is 29.2 Å². The van der Waals surface area contributed by atoms with E-state index in [1.165, 1.54) is 0 Å². The second kappa shape index (κ2) is 5.73. The van der Waals surface area contributed by atoms with Crippen LogP contribution in [0.2, 0.25) is 5.02 Å². The van der Waals surface area contributed by atoms with E-state index in [4.69, 9.17) is 21.1 Å². The van der Waals surface area contributed by atoms with Crippen molar-refractivity contribution in [1.29, 1.82) is 0 Å². The van der Waals surface area contributed by atoms with E-state index in [1.807, 2.05) is 25.2 Å². The monoisotopic (exact) mass is 382 g/mol. The van der Waals surface area contributed by atoms with Crippen molar-refractivity contribution in [3.05, 3.63) is 58.4 Å². The predicted molar refractivity (Wildman–Crippen MR) is 102 cm³/mol. The summed E-state index contributed by atoms with van der Waals surface area (Å²) in [6.07, 6.45) is 0. The molecule has 0 saturated carbocycles. The number of fused-ring (bicyclic) bond motifs is 6. The molecule has 0 radical (unpaired) electrons. The van der Waals surface area contributed by atoms with Gasteiger partial charge in [-0.3, -0.25) is 5.01 Å². The number of benzene rings is 2. The van der Waals surface area contributed by atoms with Gasteiger partial charge in [0.15, 0.2) is 23.0 Å². The lowest BCUT2D eigenvalue weighted by Gasteiger charge is -2.27. The number of halogens is 1. The maximum absolute atomic E-state index is 10.9. The van der Waals surface area contributed by atoms with E-state index in [0.29, 0.717) is 39.1 Å². The summed E-state index contributed by atoms with van der Waals surface area (Å²) in [5.74, 6) is 2.12. The fourth-order valence-corrected chi connectivity index (χ4v) is 3.53. The van der Waals surface area contributed by atoms with Gasteiger partial charge in [-0.05, 0) is 30.3 Å².